The van der Waals surface area contributed by atoms with Gasteiger partial charge >= 0.3 is 12.1 Å². The van der Waals surface area contributed by atoms with Gasteiger partial charge in [-0.2, -0.15) is 13.2 Å². The van der Waals surface area contributed by atoms with E-state index in [0.717, 1.165) is 68.5 Å². The number of hydrogen-bond acceptors (Lipinski definition) is 5. The van der Waals surface area contributed by atoms with Gasteiger partial charge in [-0.05, 0) is 105 Å². The monoisotopic (exact) mass is 554 g/mol. The van der Waals surface area contributed by atoms with E-state index in [0.29, 0.717) is 34.6 Å². The summed E-state index contributed by atoms with van der Waals surface area (Å²) in [5.41, 5.74) is 2.30. The molecule has 0 bridgehead atoms. The number of aliphatic carboxylic acids is 1. The summed E-state index contributed by atoms with van der Waals surface area (Å²) in [6.07, 6.45) is 4.91. The Morgan fingerprint density at radius 3 is 2.42 bits per heavy atom. The van der Waals surface area contributed by atoms with Crippen LogP contribution in [0, 0.1) is 11.8 Å². The molecule has 2 heterocycles. The fraction of sp³-hybridized carbons (Fsp3) is 0.452. The van der Waals surface area contributed by atoms with Crippen LogP contribution in [0.3, 0.4) is 0 Å². The first-order valence-corrected chi connectivity index (χ1v) is 13.7. The van der Waals surface area contributed by atoms with Crippen LogP contribution in [0.2, 0.25) is 0 Å². The number of benzene rings is 1. The quantitative estimate of drug-likeness (QED) is 0.283. The van der Waals surface area contributed by atoms with Gasteiger partial charge in [0.25, 0.3) is 0 Å². The summed E-state index contributed by atoms with van der Waals surface area (Å²) >= 11 is 0. The molecule has 2 aromatic heterocycles. The van der Waals surface area contributed by atoms with Gasteiger partial charge in [0.05, 0.1) is 30.9 Å². The summed E-state index contributed by atoms with van der Waals surface area (Å²) < 4.78 is 50.8. The SMILES string of the molecule is COc1ccc(-c2ccc(C(F)(F)F)cn2)c(OC2CCC(Cc3cc(C(CC(=O)O)C4CC4)ccn3)CC2)c1. The summed E-state index contributed by atoms with van der Waals surface area (Å²) in [6.45, 7) is 0. The number of carboxylic acid groups (broad SMARTS) is 1. The largest absolute Gasteiger partial charge is 0.497 e. The molecular formula is C31H33F3N2O4. The maximum atomic E-state index is 13.0. The van der Waals surface area contributed by atoms with Crippen molar-refractivity contribution in [3.63, 3.8) is 0 Å². The van der Waals surface area contributed by atoms with E-state index in [2.05, 4.69) is 16.0 Å². The number of carboxylic acids is 1. The molecule has 1 unspecified atom stereocenters. The molecule has 1 N–H and O–H groups in total. The lowest BCUT2D eigenvalue weighted by Gasteiger charge is -2.29. The summed E-state index contributed by atoms with van der Waals surface area (Å²) in [6, 6.07) is 11.7. The van der Waals surface area contributed by atoms with E-state index >= 15 is 0 Å². The second-order valence-electron chi connectivity index (χ2n) is 10.9. The number of rotatable bonds is 10. The van der Waals surface area contributed by atoms with Crippen LogP contribution in [0.25, 0.3) is 11.3 Å². The normalized spacial score (nSPS) is 20.1. The lowest BCUT2D eigenvalue weighted by molar-refractivity contribution is -0.138. The molecular weight excluding hydrogens is 521 g/mol. The standard InChI is InChI=1S/C31H33F3N2O4/c1-39-25-9-10-26(28-11-6-22(18-36-28)31(32,33)34)29(16-25)40-24-7-2-19(3-8-24)14-23-15-21(12-13-35-23)27(17-30(37)38)20-4-5-20/h6,9-13,15-16,18-20,24,27H,2-5,7-8,14,17H2,1H3,(H,37,38). The summed E-state index contributed by atoms with van der Waals surface area (Å²) in [4.78, 5) is 20.0. The molecule has 0 aliphatic heterocycles. The highest BCUT2D eigenvalue weighted by Crippen LogP contribution is 2.45. The Hall–Kier alpha value is -3.62. The van der Waals surface area contributed by atoms with E-state index in [1.54, 1.807) is 31.5 Å². The van der Waals surface area contributed by atoms with E-state index in [-0.39, 0.29) is 18.4 Å². The van der Waals surface area contributed by atoms with Crippen molar-refractivity contribution in [3.8, 4) is 22.8 Å². The number of pyridine rings is 2. The zero-order chi connectivity index (χ0) is 28.3. The predicted molar refractivity (Wildman–Crippen MR) is 143 cm³/mol. The Morgan fingerprint density at radius 1 is 1.02 bits per heavy atom. The molecule has 1 atom stereocenters. The molecule has 5 rings (SSSR count). The number of methoxy groups -OCH3 is 1. The number of ether oxygens (including phenoxy) is 2. The average Bonchev–Trinajstić information content (AvgIpc) is 3.78. The molecule has 2 aliphatic carbocycles. The van der Waals surface area contributed by atoms with Gasteiger partial charge in [0.15, 0.2) is 0 Å². The number of hydrogen-bond donors (Lipinski definition) is 1. The first-order chi connectivity index (χ1) is 19.2. The van der Waals surface area contributed by atoms with Crippen molar-refractivity contribution in [1.29, 1.82) is 0 Å². The van der Waals surface area contributed by atoms with Gasteiger partial charge in [-0.1, -0.05) is 0 Å². The summed E-state index contributed by atoms with van der Waals surface area (Å²) in [7, 11) is 1.55. The molecule has 2 saturated carbocycles. The van der Waals surface area contributed by atoms with Gasteiger partial charge in [0.2, 0.25) is 0 Å². The second-order valence-corrected chi connectivity index (χ2v) is 10.9. The second kappa shape index (κ2) is 11.9. The van der Waals surface area contributed by atoms with Crippen molar-refractivity contribution in [2.24, 2.45) is 11.8 Å². The van der Waals surface area contributed by atoms with Gasteiger partial charge in [0, 0.05) is 29.7 Å². The van der Waals surface area contributed by atoms with E-state index in [9.17, 15) is 23.1 Å². The molecule has 3 aromatic rings. The van der Waals surface area contributed by atoms with Crippen molar-refractivity contribution in [3.05, 3.63) is 71.7 Å². The highest BCUT2D eigenvalue weighted by Gasteiger charge is 2.34. The van der Waals surface area contributed by atoms with Crippen LogP contribution >= 0.6 is 0 Å². The highest BCUT2D eigenvalue weighted by atomic mass is 19.4. The molecule has 6 nitrogen and oxygen atoms in total. The smallest absolute Gasteiger partial charge is 0.417 e. The van der Waals surface area contributed by atoms with Crippen LogP contribution < -0.4 is 9.47 Å². The van der Waals surface area contributed by atoms with Gasteiger partial charge in [-0.15, -0.1) is 0 Å². The minimum absolute atomic E-state index is 0.0364. The lowest BCUT2D eigenvalue weighted by atomic mass is 9.83. The van der Waals surface area contributed by atoms with Crippen molar-refractivity contribution >= 4 is 5.97 Å². The molecule has 212 valence electrons. The molecule has 9 heteroatoms. The minimum Gasteiger partial charge on any atom is -0.497 e. The first-order valence-electron chi connectivity index (χ1n) is 13.7. The molecule has 2 fully saturated rings. The van der Waals surface area contributed by atoms with Gasteiger partial charge < -0.3 is 14.6 Å². The maximum Gasteiger partial charge on any atom is 0.417 e. The van der Waals surface area contributed by atoms with Crippen LogP contribution in [0.4, 0.5) is 13.2 Å². The first kappa shape index (κ1) is 27.9. The summed E-state index contributed by atoms with van der Waals surface area (Å²) in [5.74, 6) is 1.33. The Kier molecular flexibility index (Phi) is 8.28. The van der Waals surface area contributed by atoms with Crippen molar-refractivity contribution in [2.45, 2.75) is 69.6 Å². The fourth-order valence-electron chi connectivity index (χ4n) is 5.67. The van der Waals surface area contributed by atoms with Crippen LogP contribution in [0.15, 0.2) is 54.9 Å². The zero-order valence-corrected chi connectivity index (χ0v) is 22.4. The Bertz CT molecular complexity index is 1320. The number of alkyl halides is 3. The number of nitrogens with zero attached hydrogens (tertiary/aromatic N) is 2. The van der Waals surface area contributed by atoms with Crippen LogP contribution in [0.5, 0.6) is 11.5 Å². The predicted octanol–water partition coefficient (Wildman–Crippen LogP) is 7.32. The van der Waals surface area contributed by atoms with Crippen molar-refractivity contribution in [2.75, 3.05) is 7.11 Å². The molecule has 0 amide bonds. The Labute approximate surface area is 231 Å². The molecule has 0 radical (unpaired) electrons. The molecule has 40 heavy (non-hydrogen) atoms. The fourth-order valence-corrected chi connectivity index (χ4v) is 5.67. The minimum atomic E-state index is -4.45. The number of aromatic nitrogens is 2. The third kappa shape index (κ3) is 6.92. The maximum absolute atomic E-state index is 13.0. The van der Waals surface area contributed by atoms with Crippen molar-refractivity contribution < 1.29 is 32.5 Å². The molecule has 1 aromatic carbocycles. The molecule has 2 aliphatic rings. The van der Waals surface area contributed by atoms with Crippen LogP contribution in [0.1, 0.15) is 67.7 Å². The highest BCUT2D eigenvalue weighted by molar-refractivity contribution is 5.69. The van der Waals surface area contributed by atoms with Gasteiger partial charge in [-0.3, -0.25) is 14.8 Å². The molecule has 0 saturated heterocycles. The van der Waals surface area contributed by atoms with Crippen LogP contribution in [-0.2, 0) is 17.4 Å². The Morgan fingerprint density at radius 2 is 1.80 bits per heavy atom. The topological polar surface area (TPSA) is 81.5 Å². The third-order valence-electron chi connectivity index (χ3n) is 8.00. The zero-order valence-electron chi connectivity index (χ0n) is 22.4. The third-order valence-corrected chi connectivity index (χ3v) is 8.00. The van der Waals surface area contributed by atoms with E-state index < -0.39 is 17.7 Å². The van der Waals surface area contributed by atoms with Crippen LogP contribution in [-0.4, -0.2) is 34.3 Å². The average molecular weight is 555 g/mol. The molecule has 0 spiro atoms. The van der Waals surface area contributed by atoms with E-state index in [1.165, 1.54) is 6.07 Å². The van der Waals surface area contributed by atoms with Crippen molar-refractivity contribution in [1.82, 2.24) is 9.97 Å². The number of carbonyl (C=O) groups is 1. The van der Waals surface area contributed by atoms with E-state index in [1.807, 2.05) is 6.07 Å². The van der Waals surface area contributed by atoms with Gasteiger partial charge in [0.1, 0.15) is 11.5 Å². The number of halogens is 3. The Balaban J connectivity index is 1.23. The van der Waals surface area contributed by atoms with E-state index in [4.69, 9.17) is 9.47 Å². The lowest BCUT2D eigenvalue weighted by Crippen LogP contribution is -2.25. The van der Waals surface area contributed by atoms with Gasteiger partial charge in [-0.25, -0.2) is 0 Å². The summed E-state index contributed by atoms with van der Waals surface area (Å²) in [5, 5.41) is 9.36.